The van der Waals surface area contributed by atoms with Gasteiger partial charge in [0.05, 0.1) is 16.8 Å². The van der Waals surface area contributed by atoms with Gasteiger partial charge in [0.25, 0.3) is 5.91 Å². The number of rotatable bonds is 5. The first-order valence-electron chi connectivity index (χ1n) is 9.80. The van der Waals surface area contributed by atoms with Crippen molar-refractivity contribution in [1.29, 1.82) is 0 Å². The van der Waals surface area contributed by atoms with Crippen LogP contribution in [-0.2, 0) is 6.61 Å². The number of aryl methyl sites for hydroxylation is 1. The number of benzene rings is 2. The zero-order valence-electron chi connectivity index (χ0n) is 16.9. The summed E-state index contributed by atoms with van der Waals surface area (Å²) in [4.78, 5) is 17.5. The van der Waals surface area contributed by atoms with Gasteiger partial charge in [-0.1, -0.05) is 18.2 Å². The van der Waals surface area contributed by atoms with Crippen LogP contribution in [0.25, 0.3) is 16.6 Å². The number of aromatic amines is 1. The number of para-hydroxylation sites is 1. The van der Waals surface area contributed by atoms with Crippen LogP contribution < -0.4 is 10.1 Å². The van der Waals surface area contributed by atoms with Crippen molar-refractivity contribution in [2.45, 2.75) is 13.5 Å². The van der Waals surface area contributed by atoms with Crippen LogP contribution in [0.2, 0.25) is 0 Å². The molecule has 32 heavy (non-hydrogen) atoms. The van der Waals surface area contributed by atoms with E-state index >= 15 is 0 Å². The van der Waals surface area contributed by atoms with Crippen molar-refractivity contribution in [1.82, 2.24) is 19.6 Å². The van der Waals surface area contributed by atoms with Gasteiger partial charge in [-0.15, -0.1) is 0 Å². The summed E-state index contributed by atoms with van der Waals surface area (Å²) in [5, 5.41) is 10.6. The molecule has 9 heteroatoms. The molecule has 2 aromatic carbocycles. The van der Waals surface area contributed by atoms with Crippen LogP contribution >= 0.6 is 0 Å². The van der Waals surface area contributed by atoms with E-state index in [0.717, 1.165) is 10.9 Å². The number of carbonyl (C=O) groups excluding carboxylic acids is 1. The van der Waals surface area contributed by atoms with Gasteiger partial charge in [-0.3, -0.25) is 14.3 Å². The summed E-state index contributed by atoms with van der Waals surface area (Å²) in [5.41, 5.74) is 1.75. The van der Waals surface area contributed by atoms with Crippen molar-refractivity contribution in [3.63, 3.8) is 0 Å². The third kappa shape index (κ3) is 3.33. The molecule has 0 bridgehead atoms. The lowest BCUT2D eigenvalue weighted by Crippen LogP contribution is -2.16. The summed E-state index contributed by atoms with van der Waals surface area (Å²) in [6, 6.07) is 14.4. The quantitative estimate of drug-likeness (QED) is 0.423. The topological polar surface area (TPSA) is 84.3 Å². The number of carbonyl (C=O) groups is 1. The molecular formula is C23H17F2N5O2. The SMILES string of the molecule is Cc1nc2c(OCc3c(F)cccc3F)cccn2c1C(=O)Nc1n[nH]c2ccccc12. The van der Waals surface area contributed by atoms with Crippen molar-refractivity contribution in [3.8, 4) is 5.75 Å². The fraction of sp³-hybridized carbons (Fsp3) is 0.0870. The first kappa shape index (κ1) is 19.7. The highest BCUT2D eigenvalue weighted by Crippen LogP contribution is 2.26. The molecule has 3 heterocycles. The summed E-state index contributed by atoms with van der Waals surface area (Å²) in [7, 11) is 0. The number of hydrogen-bond donors (Lipinski definition) is 2. The van der Waals surface area contributed by atoms with Crippen molar-refractivity contribution >= 4 is 28.3 Å². The lowest BCUT2D eigenvalue weighted by atomic mass is 10.2. The van der Waals surface area contributed by atoms with E-state index in [2.05, 4.69) is 20.5 Å². The number of aromatic nitrogens is 4. The molecule has 0 aliphatic rings. The van der Waals surface area contributed by atoms with Crippen LogP contribution in [0.3, 0.4) is 0 Å². The minimum absolute atomic E-state index is 0.179. The molecule has 0 saturated carbocycles. The Bertz CT molecular complexity index is 1450. The Morgan fingerprint density at radius 1 is 1.09 bits per heavy atom. The minimum Gasteiger partial charge on any atom is -0.485 e. The van der Waals surface area contributed by atoms with Gasteiger partial charge in [-0.25, -0.2) is 13.8 Å². The number of hydrogen-bond acceptors (Lipinski definition) is 4. The summed E-state index contributed by atoms with van der Waals surface area (Å²) < 4.78 is 35.1. The third-order valence-electron chi connectivity index (χ3n) is 5.14. The van der Waals surface area contributed by atoms with E-state index in [1.54, 1.807) is 29.7 Å². The normalized spacial score (nSPS) is 11.2. The van der Waals surface area contributed by atoms with Gasteiger partial charge >= 0.3 is 0 Å². The van der Waals surface area contributed by atoms with E-state index in [9.17, 15) is 13.6 Å². The van der Waals surface area contributed by atoms with Gasteiger partial charge in [0.2, 0.25) is 0 Å². The molecule has 0 saturated heterocycles. The first-order chi connectivity index (χ1) is 15.5. The Morgan fingerprint density at radius 2 is 1.88 bits per heavy atom. The smallest absolute Gasteiger partial charge is 0.275 e. The second kappa shape index (κ2) is 7.77. The predicted molar refractivity (Wildman–Crippen MR) is 115 cm³/mol. The molecule has 2 N–H and O–H groups in total. The Kier molecular flexibility index (Phi) is 4.78. The van der Waals surface area contributed by atoms with Gasteiger partial charge in [0, 0.05) is 11.6 Å². The zero-order valence-corrected chi connectivity index (χ0v) is 16.9. The minimum atomic E-state index is -0.692. The largest absolute Gasteiger partial charge is 0.485 e. The van der Waals surface area contributed by atoms with Gasteiger partial charge in [-0.2, -0.15) is 5.10 Å². The Balaban J connectivity index is 1.46. The van der Waals surface area contributed by atoms with Gasteiger partial charge < -0.3 is 10.1 Å². The van der Waals surface area contributed by atoms with Crippen molar-refractivity contribution < 1.29 is 18.3 Å². The van der Waals surface area contributed by atoms with Gasteiger partial charge in [-0.05, 0) is 43.3 Å². The molecule has 0 fully saturated rings. The molecule has 0 aliphatic carbocycles. The molecule has 0 radical (unpaired) electrons. The summed E-state index contributed by atoms with van der Waals surface area (Å²) in [6.07, 6.45) is 1.67. The molecule has 3 aromatic heterocycles. The molecule has 160 valence electrons. The molecule has 0 spiro atoms. The van der Waals surface area contributed by atoms with E-state index in [1.807, 2.05) is 24.3 Å². The van der Waals surface area contributed by atoms with E-state index < -0.39 is 17.5 Å². The number of pyridine rings is 1. The monoisotopic (exact) mass is 433 g/mol. The number of imidazole rings is 1. The fourth-order valence-corrected chi connectivity index (χ4v) is 3.59. The molecule has 1 amide bonds. The maximum atomic E-state index is 13.9. The van der Waals surface area contributed by atoms with Crippen molar-refractivity contribution in [2.24, 2.45) is 0 Å². The van der Waals surface area contributed by atoms with E-state index in [0.29, 0.717) is 28.6 Å². The van der Waals surface area contributed by atoms with Crippen LogP contribution in [0.5, 0.6) is 5.75 Å². The highest BCUT2D eigenvalue weighted by atomic mass is 19.1. The standard InChI is InChI=1S/C23H17F2N5O2/c1-13-20(23(31)27-21-14-6-2-3-9-18(14)28-29-21)30-11-5-10-19(22(30)26-13)32-12-15-16(24)7-4-8-17(15)25/h2-11H,12H2,1H3,(H2,27,28,29,31). The van der Waals surface area contributed by atoms with Gasteiger partial charge in [0.1, 0.15) is 23.9 Å². The van der Waals surface area contributed by atoms with Gasteiger partial charge in [0.15, 0.2) is 17.2 Å². The average Bonchev–Trinajstić information content (AvgIpc) is 3.34. The number of nitrogens with one attached hydrogen (secondary N) is 2. The Labute approximate surface area is 180 Å². The predicted octanol–water partition coefficient (Wildman–Crippen LogP) is 4.63. The highest BCUT2D eigenvalue weighted by molar-refractivity contribution is 6.08. The molecule has 0 unspecified atom stereocenters. The number of anilines is 1. The average molecular weight is 433 g/mol. The lowest BCUT2D eigenvalue weighted by molar-refractivity contribution is 0.102. The Morgan fingerprint density at radius 3 is 2.69 bits per heavy atom. The van der Waals surface area contributed by atoms with E-state index in [1.165, 1.54) is 18.2 Å². The first-order valence-corrected chi connectivity index (χ1v) is 9.80. The van der Waals surface area contributed by atoms with Crippen LogP contribution in [-0.4, -0.2) is 25.5 Å². The van der Waals surface area contributed by atoms with E-state index in [4.69, 9.17) is 4.74 Å². The molecule has 5 aromatic rings. The molecule has 5 rings (SSSR count). The lowest BCUT2D eigenvalue weighted by Gasteiger charge is -2.09. The Hall–Kier alpha value is -4.27. The molecule has 7 nitrogen and oxygen atoms in total. The number of H-pyrrole nitrogens is 1. The summed E-state index contributed by atoms with van der Waals surface area (Å²) in [6.45, 7) is 1.38. The van der Waals surface area contributed by atoms with Crippen LogP contribution in [0.15, 0.2) is 60.8 Å². The van der Waals surface area contributed by atoms with Crippen LogP contribution in [0, 0.1) is 18.6 Å². The molecule has 0 atom stereocenters. The molecular weight excluding hydrogens is 416 g/mol. The van der Waals surface area contributed by atoms with E-state index in [-0.39, 0.29) is 12.2 Å². The van der Waals surface area contributed by atoms with Crippen molar-refractivity contribution in [2.75, 3.05) is 5.32 Å². The second-order valence-electron chi connectivity index (χ2n) is 7.17. The number of ether oxygens (including phenoxy) is 1. The van der Waals surface area contributed by atoms with Crippen LogP contribution in [0.1, 0.15) is 21.7 Å². The summed E-state index contributed by atoms with van der Waals surface area (Å²) >= 11 is 0. The number of halogens is 2. The fourth-order valence-electron chi connectivity index (χ4n) is 3.59. The maximum Gasteiger partial charge on any atom is 0.275 e. The maximum absolute atomic E-state index is 13.9. The molecule has 0 aliphatic heterocycles. The van der Waals surface area contributed by atoms with Crippen LogP contribution in [0.4, 0.5) is 14.6 Å². The van der Waals surface area contributed by atoms with Crippen molar-refractivity contribution in [3.05, 3.63) is 89.4 Å². The second-order valence-corrected chi connectivity index (χ2v) is 7.17. The third-order valence-corrected chi connectivity index (χ3v) is 5.14. The number of amides is 1. The highest BCUT2D eigenvalue weighted by Gasteiger charge is 2.21. The zero-order chi connectivity index (χ0) is 22.2. The number of fused-ring (bicyclic) bond motifs is 2. The number of nitrogens with zero attached hydrogens (tertiary/aromatic N) is 3. The summed E-state index contributed by atoms with van der Waals surface area (Å²) in [5.74, 6) is -1.08.